The van der Waals surface area contributed by atoms with Crippen molar-refractivity contribution in [1.29, 1.82) is 0 Å². The number of carbonyl (C=O) groups excluding carboxylic acids is 2. The Labute approximate surface area is 178 Å². The van der Waals surface area contributed by atoms with Gasteiger partial charge in [-0.1, -0.05) is 6.07 Å². The number of hydrogen-bond acceptors (Lipinski definition) is 4. The fourth-order valence-electron chi connectivity index (χ4n) is 3.80. The van der Waals surface area contributed by atoms with Crippen LogP contribution in [0.2, 0.25) is 0 Å². The van der Waals surface area contributed by atoms with Crippen LogP contribution >= 0.6 is 12.4 Å². The summed E-state index contributed by atoms with van der Waals surface area (Å²) in [5.41, 5.74) is 1.53. The van der Waals surface area contributed by atoms with E-state index in [-0.39, 0.29) is 42.3 Å². The molecule has 3 atom stereocenters. The predicted octanol–water partition coefficient (Wildman–Crippen LogP) is 2.18. The highest BCUT2D eigenvalue weighted by molar-refractivity contribution is 5.98. The first-order chi connectivity index (χ1) is 13.5. The van der Waals surface area contributed by atoms with Crippen LogP contribution in [-0.2, 0) is 9.53 Å². The van der Waals surface area contributed by atoms with Crippen molar-refractivity contribution in [2.24, 2.45) is 5.92 Å². The number of fused-ring (bicyclic) bond motifs is 1. The number of aromatic nitrogens is 1. The predicted molar refractivity (Wildman–Crippen MR) is 117 cm³/mol. The minimum Gasteiger partial charge on any atom is -0.379 e. The summed E-state index contributed by atoms with van der Waals surface area (Å²) < 4.78 is 5.58. The van der Waals surface area contributed by atoms with Crippen molar-refractivity contribution >= 4 is 35.1 Å². The molecule has 160 valence electrons. The molecule has 0 radical (unpaired) electrons. The molecule has 0 unspecified atom stereocenters. The average Bonchev–Trinajstić information content (AvgIpc) is 3.15. The lowest BCUT2D eigenvalue weighted by Crippen LogP contribution is -2.50. The molecule has 1 fully saturated rings. The van der Waals surface area contributed by atoms with Gasteiger partial charge in [0, 0.05) is 43.4 Å². The molecule has 1 aliphatic rings. The molecule has 2 amide bonds. The van der Waals surface area contributed by atoms with E-state index in [4.69, 9.17) is 4.74 Å². The fraction of sp³-hybridized carbons (Fsp3) is 0.524. The molecule has 3 N–H and O–H groups in total. The maximum absolute atomic E-state index is 12.8. The van der Waals surface area contributed by atoms with Gasteiger partial charge in [0.25, 0.3) is 5.91 Å². The van der Waals surface area contributed by atoms with Gasteiger partial charge in [-0.05, 0) is 56.9 Å². The van der Waals surface area contributed by atoms with Crippen molar-refractivity contribution in [2.75, 3.05) is 34.3 Å². The van der Waals surface area contributed by atoms with Crippen molar-refractivity contribution in [3.8, 4) is 0 Å². The lowest BCUT2D eigenvalue weighted by molar-refractivity contribution is -0.127. The topological polar surface area (TPSA) is 86.5 Å². The molecular weight excluding hydrogens is 392 g/mol. The Morgan fingerprint density at radius 1 is 1.24 bits per heavy atom. The molecular formula is C21H31ClN4O3. The van der Waals surface area contributed by atoms with Crippen LogP contribution in [0.4, 0.5) is 0 Å². The molecule has 7 nitrogen and oxygen atoms in total. The van der Waals surface area contributed by atoms with Crippen molar-refractivity contribution in [3.05, 3.63) is 36.0 Å². The van der Waals surface area contributed by atoms with Gasteiger partial charge in [-0.25, -0.2) is 0 Å². The Balaban J connectivity index is 0.00000300. The second-order valence-electron chi connectivity index (χ2n) is 7.74. The summed E-state index contributed by atoms with van der Waals surface area (Å²) >= 11 is 0. The Bertz CT molecular complexity index is 823. The van der Waals surface area contributed by atoms with E-state index in [1.54, 1.807) is 7.11 Å². The van der Waals surface area contributed by atoms with Crippen molar-refractivity contribution in [1.82, 2.24) is 20.5 Å². The number of nitrogens with zero attached hydrogens (tertiary/aromatic N) is 1. The van der Waals surface area contributed by atoms with Crippen molar-refractivity contribution in [2.45, 2.75) is 31.4 Å². The standard InChI is InChI=1S/C21H30N4O3.ClH/c1-25(2)11-10-23-20(26)15-6-7-19(28-3)18(13-15)24-21(27)16-5-4-14-8-9-22-17(14)12-16;/h4-5,8-9,12,15,18-19,22H,6-7,10-11,13H2,1-3H3,(H,23,26)(H,24,27);1H/t15-,18+,19+;/m0./s1. The summed E-state index contributed by atoms with van der Waals surface area (Å²) in [4.78, 5) is 30.4. The van der Waals surface area contributed by atoms with Gasteiger partial charge >= 0.3 is 0 Å². The minimum absolute atomic E-state index is 0. The minimum atomic E-state index is -0.185. The van der Waals surface area contributed by atoms with Gasteiger partial charge in [0.2, 0.25) is 5.91 Å². The van der Waals surface area contributed by atoms with E-state index in [9.17, 15) is 9.59 Å². The molecule has 1 aromatic heterocycles. The zero-order valence-electron chi connectivity index (χ0n) is 17.2. The normalized spacial score (nSPS) is 21.6. The summed E-state index contributed by atoms with van der Waals surface area (Å²) in [6.07, 6.45) is 3.89. The van der Waals surface area contributed by atoms with E-state index in [2.05, 4.69) is 15.6 Å². The van der Waals surface area contributed by atoms with Crippen LogP contribution in [0, 0.1) is 5.92 Å². The van der Waals surface area contributed by atoms with Gasteiger partial charge < -0.3 is 25.3 Å². The van der Waals surface area contributed by atoms with Gasteiger partial charge in [-0.15, -0.1) is 12.4 Å². The SMILES string of the molecule is CO[C@@H]1CC[C@H](C(=O)NCCN(C)C)C[C@H]1NC(=O)c1ccc2cc[nH]c2c1.Cl. The van der Waals surface area contributed by atoms with Gasteiger partial charge in [-0.2, -0.15) is 0 Å². The summed E-state index contributed by atoms with van der Waals surface area (Å²) in [5, 5.41) is 7.16. The Morgan fingerprint density at radius 3 is 2.76 bits per heavy atom. The van der Waals surface area contributed by atoms with Crippen LogP contribution in [0.3, 0.4) is 0 Å². The lowest BCUT2D eigenvalue weighted by Gasteiger charge is -2.35. The third kappa shape index (κ3) is 5.95. The summed E-state index contributed by atoms with van der Waals surface area (Å²) in [6.45, 7) is 1.43. The fourth-order valence-corrected chi connectivity index (χ4v) is 3.80. The average molecular weight is 423 g/mol. The number of H-pyrrole nitrogens is 1. The second kappa shape index (κ2) is 10.6. The van der Waals surface area contributed by atoms with E-state index < -0.39 is 0 Å². The van der Waals surface area contributed by atoms with Gasteiger partial charge in [0.15, 0.2) is 0 Å². The number of benzene rings is 1. The highest BCUT2D eigenvalue weighted by Crippen LogP contribution is 2.27. The maximum Gasteiger partial charge on any atom is 0.251 e. The second-order valence-corrected chi connectivity index (χ2v) is 7.74. The smallest absolute Gasteiger partial charge is 0.251 e. The number of methoxy groups -OCH3 is 1. The number of carbonyl (C=O) groups is 2. The first kappa shape index (κ1) is 23.2. The molecule has 1 heterocycles. The van der Waals surface area contributed by atoms with E-state index in [1.807, 2.05) is 49.5 Å². The van der Waals surface area contributed by atoms with E-state index in [1.165, 1.54) is 0 Å². The molecule has 0 saturated heterocycles. The molecule has 1 aromatic carbocycles. The molecule has 0 aliphatic heterocycles. The Hall–Kier alpha value is -2.09. The van der Waals surface area contributed by atoms with Gasteiger partial charge in [-0.3, -0.25) is 9.59 Å². The Morgan fingerprint density at radius 2 is 2.03 bits per heavy atom. The zero-order chi connectivity index (χ0) is 20.1. The van der Waals surface area contributed by atoms with Gasteiger partial charge in [0.05, 0.1) is 12.1 Å². The molecule has 1 aliphatic carbocycles. The largest absolute Gasteiger partial charge is 0.379 e. The lowest BCUT2D eigenvalue weighted by atomic mass is 9.83. The molecule has 1 saturated carbocycles. The molecule has 2 aromatic rings. The molecule has 0 bridgehead atoms. The molecule has 29 heavy (non-hydrogen) atoms. The van der Waals surface area contributed by atoms with E-state index in [0.717, 1.165) is 30.3 Å². The monoisotopic (exact) mass is 422 g/mol. The molecule has 3 rings (SSSR count). The number of likely N-dealkylation sites (N-methyl/N-ethyl adjacent to an activating group) is 1. The van der Waals surface area contributed by atoms with Gasteiger partial charge in [0.1, 0.15) is 0 Å². The number of hydrogen-bond donors (Lipinski definition) is 3. The van der Waals surface area contributed by atoms with Crippen LogP contribution in [0.15, 0.2) is 30.5 Å². The summed E-state index contributed by atoms with van der Waals surface area (Å²) in [5.74, 6) is -0.189. The van der Waals surface area contributed by atoms with Crippen molar-refractivity contribution < 1.29 is 14.3 Å². The number of nitrogens with one attached hydrogen (secondary N) is 3. The van der Waals surface area contributed by atoms with E-state index in [0.29, 0.717) is 18.5 Å². The number of rotatable bonds is 7. The third-order valence-electron chi connectivity index (χ3n) is 5.45. The van der Waals surface area contributed by atoms with Crippen LogP contribution < -0.4 is 10.6 Å². The number of ether oxygens (including phenoxy) is 1. The number of halogens is 1. The quantitative estimate of drug-likeness (QED) is 0.638. The number of aromatic amines is 1. The van der Waals surface area contributed by atoms with Crippen LogP contribution in [-0.4, -0.2) is 68.1 Å². The molecule has 0 spiro atoms. The highest BCUT2D eigenvalue weighted by atomic mass is 35.5. The number of amides is 2. The maximum atomic E-state index is 12.8. The Kier molecular flexibility index (Phi) is 8.49. The van der Waals surface area contributed by atoms with Crippen molar-refractivity contribution in [3.63, 3.8) is 0 Å². The van der Waals surface area contributed by atoms with Crippen LogP contribution in [0.5, 0.6) is 0 Å². The summed E-state index contributed by atoms with van der Waals surface area (Å²) in [6, 6.07) is 7.38. The first-order valence-electron chi connectivity index (χ1n) is 9.81. The first-order valence-corrected chi connectivity index (χ1v) is 9.81. The third-order valence-corrected chi connectivity index (χ3v) is 5.45. The van der Waals surface area contributed by atoms with Crippen LogP contribution in [0.25, 0.3) is 10.9 Å². The molecule has 8 heteroatoms. The zero-order valence-corrected chi connectivity index (χ0v) is 18.1. The van der Waals surface area contributed by atoms with E-state index >= 15 is 0 Å². The summed E-state index contributed by atoms with van der Waals surface area (Å²) in [7, 11) is 5.62. The highest BCUT2D eigenvalue weighted by Gasteiger charge is 2.35. The van der Waals surface area contributed by atoms with Crippen LogP contribution in [0.1, 0.15) is 29.6 Å².